The summed E-state index contributed by atoms with van der Waals surface area (Å²) in [5.74, 6) is -0.634. The van der Waals surface area contributed by atoms with Crippen LogP contribution >= 0.6 is 11.6 Å². The minimum Gasteiger partial charge on any atom is -0.423 e. The molecule has 168 valence electrons. The predicted octanol–water partition coefficient (Wildman–Crippen LogP) is 4.73. The lowest BCUT2D eigenvalue weighted by Gasteiger charge is -2.35. The van der Waals surface area contributed by atoms with Gasteiger partial charge in [-0.3, -0.25) is 9.69 Å². The number of hydrogen-bond donors (Lipinski definition) is 0. The van der Waals surface area contributed by atoms with Crippen molar-refractivity contribution in [3.8, 4) is 0 Å². The van der Waals surface area contributed by atoms with Gasteiger partial charge in [0.2, 0.25) is 0 Å². The number of amides is 1. The zero-order valence-electron chi connectivity index (χ0n) is 17.2. The molecule has 9 heteroatoms. The zero-order chi connectivity index (χ0) is 23.0. The van der Waals surface area contributed by atoms with E-state index in [1.807, 2.05) is 11.8 Å². The molecule has 1 fully saturated rings. The molecule has 0 spiro atoms. The van der Waals surface area contributed by atoms with Crippen molar-refractivity contribution >= 4 is 28.5 Å². The topological polar surface area (TPSA) is 53.8 Å². The molecule has 0 bridgehead atoms. The molecule has 2 heterocycles. The molecule has 1 aromatic heterocycles. The Balaban J connectivity index is 1.49. The molecule has 2 aromatic carbocycles. The van der Waals surface area contributed by atoms with Gasteiger partial charge < -0.3 is 9.32 Å². The van der Waals surface area contributed by atoms with Gasteiger partial charge in [-0.2, -0.15) is 13.2 Å². The molecule has 3 aromatic rings. The Kier molecular flexibility index (Phi) is 6.01. The molecule has 1 amide bonds. The Bertz CT molecular complexity index is 1230. The summed E-state index contributed by atoms with van der Waals surface area (Å²) >= 11 is 6.24. The van der Waals surface area contributed by atoms with Crippen molar-refractivity contribution in [2.45, 2.75) is 19.6 Å². The first kappa shape index (κ1) is 22.4. The van der Waals surface area contributed by atoms with Gasteiger partial charge in [0.1, 0.15) is 5.58 Å². The Labute approximate surface area is 187 Å². The third-order valence-corrected chi connectivity index (χ3v) is 6.03. The predicted molar refractivity (Wildman–Crippen MR) is 115 cm³/mol. The summed E-state index contributed by atoms with van der Waals surface area (Å²) in [5, 5.41) is 1.30. The van der Waals surface area contributed by atoms with E-state index in [0.717, 1.165) is 22.6 Å². The molecule has 4 rings (SSSR count). The monoisotopic (exact) mass is 464 g/mol. The highest BCUT2D eigenvalue weighted by Crippen LogP contribution is 2.32. The van der Waals surface area contributed by atoms with Crippen LogP contribution in [0.25, 0.3) is 11.0 Å². The number of hydrogen-bond acceptors (Lipinski definition) is 4. The van der Waals surface area contributed by atoms with E-state index >= 15 is 0 Å². The van der Waals surface area contributed by atoms with Crippen LogP contribution in [0.15, 0.2) is 51.7 Å². The van der Waals surface area contributed by atoms with Gasteiger partial charge in [0, 0.05) is 49.2 Å². The van der Waals surface area contributed by atoms with E-state index in [1.54, 1.807) is 12.1 Å². The van der Waals surface area contributed by atoms with Crippen LogP contribution in [0.1, 0.15) is 27.0 Å². The molecule has 32 heavy (non-hydrogen) atoms. The normalized spacial score (nSPS) is 15.3. The molecule has 1 aliphatic heterocycles. The molecule has 0 unspecified atom stereocenters. The Morgan fingerprint density at radius 3 is 2.47 bits per heavy atom. The first-order valence-corrected chi connectivity index (χ1v) is 10.4. The number of halogens is 4. The highest BCUT2D eigenvalue weighted by molar-refractivity contribution is 6.32. The second-order valence-corrected chi connectivity index (χ2v) is 8.21. The SMILES string of the molecule is Cc1cc2oc(=O)cc(CN3CCN(C(=O)c4ccccc4C(F)(F)F)CC3)c2cc1Cl. The van der Waals surface area contributed by atoms with Gasteiger partial charge >= 0.3 is 11.8 Å². The van der Waals surface area contributed by atoms with E-state index in [2.05, 4.69) is 0 Å². The van der Waals surface area contributed by atoms with Crippen molar-refractivity contribution in [2.24, 2.45) is 0 Å². The van der Waals surface area contributed by atoms with E-state index in [0.29, 0.717) is 30.2 Å². The minimum atomic E-state index is -4.59. The van der Waals surface area contributed by atoms with Gasteiger partial charge in [-0.1, -0.05) is 23.7 Å². The number of rotatable bonds is 3. The molecule has 1 saturated heterocycles. The van der Waals surface area contributed by atoms with E-state index in [9.17, 15) is 22.8 Å². The second kappa shape index (κ2) is 8.60. The van der Waals surface area contributed by atoms with Crippen molar-refractivity contribution in [3.63, 3.8) is 0 Å². The standard InChI is InChI=1S/C23H20ClF3N2O3/c1-14-10-20-17(12-19(14)24)15(11-21(30)32-20)13-28-6-8-29(9-7-28)22(31)16-4-2-3-5-18(16)23(25,26)27/h2-5,10-12H,6-9,13H2,1H3. The van der Waals surface area contributed by atoms with Crippen LogP contribution < -0.4 is 5.63 Å². The first-order chi connectivity index (χ1) is 15.1. The molecular weight excluding hydrogens is 445 g/mol. The highest BCUT2D eigenvalue weighted by Gasteiger charge is 2.36. The smallest absolute Gasteiger partial charge is 0.417 e. The number of benzene rings is 2. The highest BCUT2D eigenvalue weighted by atomic mass is 35.5. The number of piperazine rings is 1. The van der Waals surface area contributed by atoms with Crippen molar-refractivity contribution in [2.75, 3.05) is 26.2 Å². The zero-order valence-corrected chi connectivity index (χ0v) is 18.0. The summed E-state index contributed by atoms with van der Waals surface area (Å²) in [6, 6.07) is 9.73. The summed E-state index contributed by atoms with van der Waals surface area (Å²) in [7, 11) is 0. The van der Waals surface area contributed by atoms with Crippen LogP contribution in [0.4, 0.5) is 13.2 Å². The Morgan fingerprint density at radius 1 is 1.09 bits per heavy atom. The fourth-order valence-corrected chi connectivity index (χ4v) is 4.08. The number of fused-ring (bicyclic) bond motifs is 1. The van der Waals surface area contributed by atoms with Crippen molar-refractivity contribution in [3.05, 3.63) is 80.2 Å². The fourth-order valence-electron chi connectivity index (χ4n) is 3.92. The van der Waals surface area contributed by atoms with Crippen LogP contribution in [0.3, 0.4) is 0 Å². The maximum Gasteiger partial charge on any atom is 0.417 e. The van der Waals surface area contributed by atoms with E-state index in [1.165, 1.54) is 29.2 Å². The first-order valence-electron chi connectivity index (χ1n) is 10.0. The van der Waals surface area contributed by atoms with Crippen molar-refractivity contribution < 1.29 is 22.4 Å². The van der Waals surface area contributed by atoms with E-state index in [4.69, 9.17) is 16.0 Å². The molecule has 0 aliphatic carbocycles. The van der Waals surface area contributed by atoms with Gasteiger partial charge in [0.25, 0.3) is 5.91 Å². The number of alkyl halides is 3. The summed E-state index contributed by atoms with van der Waals surface area (Å²) < 4.78 is 45.1. The number of carbonyl (C=O) groups excluding carboxylic acids is 1. The van der Waals surface area contributed by atoms with Crippen molar-refractivity contribution in [1.29, 1.82) is 0 Å². The molecule has 5 nitrogen and oxygen atoms in total. The molecular formula is C23H20ClF3N2O3. The van der Waals surface area contributed by atoms with Gasteiger partial charge in [-0.05, 0) is 42.3 Å². The summed E-state index contributed by atoms with van der Waals surface area (Å²) in [5.41, 5.74) is 0.261. The lowest BCUT2D eigenvalue weighted by Crippen LogP contribution is -2.48. The summed E-state index contributed by atoms with van der Waals surface area (Å²) in [6.07, 6.45) is -4.59. The number of aryl methyl sites for hydroxylation is 1. The van der Waals surface area contributed by atoms with E-state index < -0.39 is 23.3 Å². The molecule has 0 atom stereocenters. The van der Waals surface area contributed by atoms with Crippen molar-refractivity contribution in [1.82, 2.24) is 9.80 Å². The van der Waals surface area contributed by atoms with Gasteiger partial charge in [0.05, 0.1) is 11.1 Å². The number of nitrogens with zero attached hydrogens (tertiary/aromatic N) is 2. The van der Waals surface area contributed by atoms with Crippen LogP contribution in [0.2, 0.25) is 5.02 Å². The molecule has 0 N–H and O–H groups in total. The summed E-state index contributed by atoms with van der Waals surface area (Å²) in [4.78, 5) is 28.2. The Hall–Kier alpha value is -2.84. The summed E-state index contributed by atoms with van der Waals surface area (Å²) in [6.45, 7) is 3.74. The van der Waals surface area contributed by atoms with Gasteiger partial charge in [0.15, 0.2) is 0 Å². The Morgan fingerprint density at radius 2 is 1.78 bits per heavy atom. The quantitative estimate of drug-likeness (QED) is 0.526. The number of carbonyl (C=O) groups is 1. The lowest BCUT2D eigenvalue weighted by atomic mass is 10.0. The van der Waals surface area contributed by atoms with E-state index in [-0.39, 0.29) is 18.7 Å². The van der Waals surface area contributed by atoms with Gasteiger partial charge in [-0.25, -0.2) is 4.79 Å². The average molecular weight is 465 g/mol. The maximum atomic E-state index is 13.3. The van der Waals surface area contributed by atoms with Crippen LogP contribution in [-0.2, 0) is 12.7 Å². The maximum absolute atomic E-state index is 13.3. The van der Waals surface area contributed by atoms with Crippen LogP contribution in [0.5, 0.6) is 0 Å². The average Bonchev–Trinajstić information content (AvgIpc) is 2.74. The van der Waals surface area contributed by atoms with Crippen LogP contribution in [-0.4, -0.2) is 41.9 Å². The third kappa shape index (κ3) is 4.52. The second-order valence-electron chi connectivity index (χ2n) is 7.80. The van der Waals surface area contributed by atoms with Crippen LogP contribution in [0, 0.1) is 6.92 Å². The lowest BCUT2D eigenvalue weighted by molar-refractivity contribution is -0.138. The molecule has 0 radical (unpaired) electrons. The molecule has 0 saturated carbocycles. The fraction of sp³-hybridized carbons (Fsp3) is 0.304. The largest absolute Gasteiger partial charge is 0.423 e. The molecule has 1 aliphatic rings. The minimum absolute atomic E-state index is 0.282. The van der Waals surface area contributed by atoms with Gasteiger partial charge in [-0.15, -0.1) is 0 Å². The third-order valence-electron chi connectivity index (χ3n) is 5.63.